The second kappa shape index (κ2) is 7.52. The first-order chi connectivity index (χ1) is 12.8. The van der Waals surface area contributed by atoms with Gasteiger partial charge in [-0.25, -0.2) is 13.1 Å². The quantitative estimate of drug-likeness (QED) is 0.653. The minimum atomic E-state index is -3.28. The molecule has 0 fully saturated rings. The Morgan fingerprint density at radius 3 is 2.33 bits per heavy atom. The van der Waals surface area contributed by atoms with Gasteiger partial charge in [-0.3, -0.25) is 4.79 Å². The first kappa shape index (κ1) is 19.1. The molecule has 27 heavy (non-hydrogen) atoms. The fraction of sp³-hybridized carbons (Fsp3) is 0.300. The van der Waals surface area contributed by atoms with E-state index in [1.54, 1.807) is 65.8 Å². The summed E-state index contributed by atoms with van der Waals surface area (Å²) in [5, 5.41) is 3.92. The molecule has 0 saturated heterocycles. The van der Waals surface area contributed by atoms with E-state index in [1.807, 2.05) is 13.1 Å². The van der Waals surface area contributed by atoms with Gasteiger partial charge in [0.25, 0.3) is 5.56 Å². The van der Waals surface area contributed by atoms with Crippen molar-refractivity contribution >= 4 is 9.84 Å². The van der Waals surface area contributed by atoms with Gasteiger partial charge < -0.3 is 4.57 Å². The van der Waals surface area contributed by atoms with Crippen LogP contribution in [0.25, 0.3) is 16.8 Å². The number of nitrogens with zero attached hydrogens (tertiary/aromatic N) is 3. The molecule has 7 heteroatoms. The highest BCUT2D eigenvalue weighted by Crippen LogP contribution is 2.23. The Labute approximate surface area is 159 Å². The molecule has 2 heterocycles. The van der Waals surface area contributed by atoms with Crippen molar-refractivity contribution < 1.29 is 8.42 Å². The zero-order chi connectivity index (χ0) is 19.6. The molecular weight excluding hydrogens is 362 g/mol. The molecule has 2 aromatic heterocycles. The van der Waals surface area contributed by atoms with Gasteiger partial charge in [0.15, 0.2) is 9.84 Å². The van der Waals surface area contributed by atoms with Crippen molar-refractivity contribution in [2.45, 2.75) is 43.9 Å². The summed E-state index contributed by atoms with van der Waals surface area (Å²) in [6, 6.07) is 10.1. The van der Waals surface area contributed by atoms with Crippen LogP contribution in [0.3, 0.4) is 0 Å². The third-order valence-electron chi connectivity index (χ3n) is 4.42. The van der Waals surface area contributed by atoms with Crippen molar-refractivity contribution in [3.05, 3.63) is 65.3 Å². The van der Waals surface area contributed by atoms with E-state index < -0.39 is 15.1 Å². The Hall–Kier alpha value is -2.67. The average molecular weight is 385 g/mol. The summed E-state index contributed by atoms with van der Waals surface area (Å²) in [4.78, 5) is 12.2. The van der Waals surface area contributed by atoms with Gasteiger partial charge in [-0.05, 0) is 44.0 Å². The van der Waals surface area contributed by atoms with Gasteiger partial charge in [0, 0.05) is 30.6 Å². The van der Waals surface area contributed by atoms with Gasteiger partial charge in [0.1, 0.15) is 0 Å². The van der Waals surface area contributed by atoms with E-state index in [0.29, 0.717) is 11.4 Å². The Morgan fingerprint density at radius 2 is 1.70 bits per heavy atom. The first-order valence-electron chi connectivity index (χ1n) is 8.93. The highest BCUT2D eigenvalue weighted by molar-refractivity contribution is 7.92. The third-order valence-corrected chi connectivity index (χ3v) is 6.59. The van der Waals surface area contributed by atoms with Gasteiger partial charge in [0.05, 0.1) is 22.0 Å². The summed E-state index contributed by atoms with van der Waals surface area (Å²) >= 11 is 0. The van der Waals surface area contributed by atoms with Crippen LogP contribution in [-0.2, 0) is 16.4 Å². The van der Waals surface area contributed by atoms with Crippen molar-refractivity contribution in [3.8, 4) is 16.8 Å². The number of aromatic nitrogens is 3. The Morgan fingerprint density at radius 1 is 1.00 bits per heavy atom. The summed E-state index contributed by atoms with van der Waals surface area (Å²) in [6.07, 6.45) is 6.25. The molecule has 142 valence electrons. The highest BCUT2D eigenvalue weighted by Gasteiger charge is 2.18. The lowest BCUT2D eigenvalue weighted by atomic mass is 10.1. The SMILES string of the molecule is CCCn1cc(-n2cc(-c3ccc(S(=O)(=O)C(C)C)cc3)cn2)ccc1=O. The van der Waals surface area contributed by atoms with Crippen molar-refractivity contribution in [2.24, 2.45) is 0 Å². The fourth-order valence-corrected chi connectivity index (χ4v) is 3.85. The molecule has 3 rings (SSSR count). The van der Waals surface area contributed by atoms with Crippen LogP contribution in [0.4, 0.5) is 0 Å². The van der Waals surface area contributed by atoms with Gasteiger partial charge in [-0.1, -0.05) is 19.1 Å². The van der Waals surface area contributed by atoms with Crippen molar-refractivity contribution in [1.82, 2.24) is 14.3 Å². The summed E-state index contributed by atoms with van der Waals surface area (Å²) in [7, 11) is -3.28. The summed E-state index contributed by atoms with van der Waals surface area (Å²) in [5.74, 6) is 0. The number of rotatable bonds is 6. The van der Waals surface area contributed by atoms with Crippen LogP contribution in [0.1, 0.15) is 27.2 Å². The van der Waals surface area contributed by atoms with Crippen LogP contribution in [0.5, 0.6) is 0 Å². The number of benzene rings is 1. The normalized spacial score (nSPS) is 11.9. The van der Waals surface area contributed by atoms with Crippen LogP contribution < -0.4 is 5.56 Å². The molecule has 0 N–H and O–H groups in total. The lowest BCUT2D eigenvalue weighted by molar-refractivity contribution is 0.587. The molecule has 0 spiro atoms. The van der Waals surface area contributed by atoms with Gasteiger partial charge in [0.2, 0.25) is 0 Å². The maximum absolute atomic E-state index is 12.2. The predicted octanol–water partition coefficient (Wildman–Crippen LogP) is 3.29. The Balaban J connectivity index is 1.90. The highest BCUT2D eigenvalue weighted by atomic mass is 32.2. The van der Waals surface area contributed by atoms with Crippen LogP contribution in [0.15, 0.2) is 64.7 Å². The molecule has 3 aromatic rings. The van der Waals surface area contributed by atoms with E-state index >= 15 is 0 Å². The smallest absolute Gasteiger partial charge is 0.250 e. The summed E-state index contributed by atoms with van der Waals surface area (Å²) in [5.41, 5.74) is 2.52. The maximum Gasteiger partial charge on any atom is 0.250 e. The molecule has 1 aromatic carbocycles. The lowest BCUT2D eigenvalue weighted by Gasteiger charge is -2.08. The molecule has 0 amide bonds. The second-order valence-electron chi connectivity index (χ2n) is 6.71. The number of hydrogen-bond donors (Lipinski definition) is 0. The fourth-order valence-electron chi connectivity index (χ4n) is 2.79. The third kappa shape index (κ3) is 3.88. The van der Waals surface area contributed by atoms with Crippen molar-refractivity contribution in [3.63, 3.8) is 0 Å². The van der Waals surface area contributed by atoms with E-state index in [-0.39, 0.29) is 5.56 Å². The molecule has 0 unspecified atom stereocenters. The topological polar surface area (TPSA) is 74.0 Å². The lowest BCUT2D eigenvalue weighted by Crippen LogP contribution is -2.19. The van der Waals surface area contributed by atoms with Gasteiger partial charge in [-0.15, -0.1) is 0 Å². The predicted molar refractivity (Wildman–Crippen MR) is 106 cm³/mol. The first-order valence-corrected chi connectivity index (χ1v) is 10.5. The van der Waals surface area contributed by atoms with Crippen LogP contribution in [0, 0.1) is 0 Å². The number of hydrogen-bond acceptors (Lipinski definition) is 4. The Bertz CT molecular complexity index is 1090. The average Bonchev–Trinajstić information content (AvgIpc) is 3.14. The minimum absolute atomic E-state index is 0.0325. The van der Waals surface area contributed by atoms with E-state index in [0.717, 1.165) is 23.2 Å². The van der Waals surface area contributed by atoms with E-state index in [9.17, 15) is 13.2 Å². The molecule has 0 saturated carbocycles. The molecule has 0 aliphatic carbocycles. The largest absolute Gasteiger partial charge is 0.313 e. The molecule has 0 radical (unpaired) electrons. The van der Waals surface area contributed by atoms with E-state index in [2.05, 4.69) is 5.10 Å². The molecular formula is C20H23N3O3S. The van der Waals surface area contributed by atoms with E-state index in [1.165, 1.54) is 6.07 Å². The minimum Gasteiger partial charge on any atom is -0.313 e. The molecule has 0 atom stereocenters. The standard InChI is InChI=1S/C20H23N3O3S/c1-4-11-22-14-18(7-10-20(22)24)23-13-17(12-21-23)16-5-8-19(9-6-16)27(25,26)15(2)3/h5-10,12-15H,4,11H2,1-3H3. The molecule has 6 nitrogen and oxygen atoms in total. The maximum atomic E-state index is 12.2. The van der Waals surface area contributed by atoms with Gasteiger partial charge in [-0.2, -0.15) is 5.10 Å². The zero-order valence-electron chi connectivity index (χ0n) is 15.7. The molecule has 0 aliphatic rings. The van der Waals surface area contributed by atoms with Crippen molar-refractivity contribution in [1.29, 1.82) is 0 Å². The molecule has 0 bridgehead atoms. The van der Waals surface area contributed by atoms with Crippen LogP contribution in [0.2, 0.25) is 0 Å². The number of aryl methyl sites for hydroxylation is 1. The second-order valence-corrected chi connectivity index (χ2v) is 9.21. The Kier molecular flexibility index (Phi) is 5.32. The van der Waals surface area contributed by atoms with Gasteiger partial charge >= 0.3 is 0 Å². The summed E-state index contributed by atoms with van der Waals surface area (Å²) in [6.45, 7) is 6.03. The van der Waals surface area contributed by atoms with E-state index in [4.69, 9.17) is 0 Å². The zero-order valence-corrected chi connectivity index (χ0v) is 16.5. The number of sulfone groups is 1. The molecule has 0 aliphatic heterocycles. The monoisotopic (exact) mass is 385 g/mol. The summed E-state index contributed by atoms with van der Waals surface area (Å²) < 4.78 is 27.9. The number of pyridine rings is 1. The van der Waals surface area contributed by atoms with Crippen LogP contribution >= 0.6 is 0 Å². The van der Waals surface area contributed by atoms with Crippen LogP contribution in [-0.4, -0.2) is 28.0 Å². The van der Waals surface area contributed by atoms with Crippen molar-refractivity contribution in [2.75, 3.05) is 0 Å².